The fourth-order valence-electron chi connectivity index (χ4n) is 2.80. The Bertz CT molecular complexity index is 490. The first kappa shape index (κ1) is 16.5. The number of carbonyl (C=O) groups excluding carboxylic acids is 2. The maximum Gasteiger partial charge on any atom is 0.242 e. The molecule has 1 fully saturated rings. The molecule has 1 aliphatic rings. The molecule has 0 bridgehead atoms. The van der Waals surface area contributed by atoms with Gasteiger partial charge in [0.05, 0.1) is 6.42 Å². The van der Waals surface area contributed by atoms with E-state index in [4.69, 9.17) is 0 Å². The van der Waals surface area contributed by atoms with Crippen LogP contribution >= 0.6 is 0 Å². The summed E-state index contributed by atoms with van der Waals surface area (Å²) in [7, 11) is 1.89. The van der Waals surface area contributed by atoms with Crippen molar-refractivity contribution in [3.05, 3.63) is 35.9 Å². The van der Waals surface area contributed by atoms with Crippen molar-refractivity contribution in [2.24, 2.45) is 0 Å². The van der Waals surface area contributed by atoms with E-state index in [0.29, 0.717) is 19.5 Å². The first-order chi connectivity index (χ1) is 10.7. The van der Waals surface area contributed by atoms with E-state index in [1.165, 1.54) is 0 Å². The van der Waals surface area contributed by atoms with Crippen LogP contribution in [0.4, 0.5) is 0 Å². The summed E-state index contributed by atoms with van der Waals surface area (Å²) in [5, 5.41) is 5.98. The Morgan fingerprint density at radius 3 is 2.73 bits per heavy atom. The predicted molar refractivity (Wildman–Crippen MR) is 86.4 cm³/mol. The highest BCUT2D eigenvalue weighted by molar-refractivity contribution is 5.89. The highest BCUT2D eigenvalue weighted by Crippen LogP contribution is 2.19. The zero-order chi connectivity index (χ0) is 15.8. The van der Waals surface area contributed by atoms with Gasteiger partial charge in [0, 0.05) is 13.1 Å². The maximum atomic E-state index is 12.4. The first-order valence-electron chi connectivity index (χ1n) is 7.98. The van der Waals surface area contributed by atoms with E-state index >= 15 is 0 Å². The number of hydrogen-bond donors (Lipinski definition) is 2. The lowest BCUT2D eigenvalue weighted by molar-refractivity contribution is -0.137. The van der Waals surface area contributed by atoms with E-state index in [1.54, 1.807) is 4.90 Å². The molecule has 22 heavy (non-hydrogen) atoms. The summed E-state index contributed by atoms with van der Waals surface area (Å²) >= 11 is 0. The second-order valence-corrected chi connectivity index (χ2v) is 5.66. The van der Waals surface area contributed by atoms with Crippen LogP contribution in [-0.2, 0) is 16.0 Å². The van der Waals surface area contributed by atoms with Gasteiger partial charge in [-0.25, -0.2) is 0 Å². The normalized spacial score (nSPS) is 17.5. The second kappa shape index (κ2) is 8.54. The zero-order valence-corrected chi connectivity index (χ0v) is 13.2. The lowest BCUT2D eigenvalue weighted by Gasteiger charge is -2.24. The van der Waals surface area contributed by atoms with Gasteiger partial charge in [-0.05, 0) is 38.4 Å². The Kier molecular flexibility index (Phi) is 6.40. The first-order valence-corrected chi connectivity index (χ1v) is 7.98. The minimum absolute atomic E-state index is 0.0185. The predicted octanol–water partition coefficient (Wildman–Crippen LogP) is 0.946. The SMILES string of the molecule is CNCCCNC(=O)C1CCCN1C(=O)Cc1ccccc1. The van der Waals surface area contributed by atoms with Gasteiger partial charge in [0.25, 0.3) is 0 Å². The van der Waals surface area contributed by atoms with Gasteiger partial charge < -0.3 is 15.5 Å². The van der Waals surface area contributed by atoms with Gasteiger partial charge in [-0.3, -0.25) is 9.59 Å². The van der Waals surface area contributed by atoms with Crippen molar-refractivity contribution in [1.29, 1.82) is 0 Å². The third kappa shape index (κ3) is 4.56. The van der Waals surface area contributed by atoms with Crippen LogP contribution in [0.25, 0.3) is 0 Å². The molecule has 0 aromatic heterocycles. The molecule has 0 radical (unpaired) electrons. The van der Waals surface area contributed by atoms with Crippen LogP contribution in [0, 0.1) is 0 Å². The Labute approximate surface area is 132 Å². The molecule has 0 aliphatic carbocycles. The Morgan fingerprint density at radius 1 is 1.23 bits per heavy atom. The van der Waals surface area contributed by atoms with Crippen molar-refractivity contribution in [3.8, 4) is 0 Å². The molecule has 1 saturated heterocycles. The molecule has 120 valence electrons. The van der Waals surface area contributed by atoms with Crippen LogP contribution in [0.5, 0.6) is 0 Å². The van der Waals surface area contributed by atoms with Crippen molar-refractivity contribution in [2.75, 3.05) is 26.7 Å². The van der Waals surface area contributed by atoms with E-state index in [0.717, 1.165) is 31.4 Å². The third-order valence-electron chi connectivity index (χ3n) is 3.98. The summed E-state index contributed by atoms with van der Waals surface area (Å²) in [6.45, 7) is 2.21. The molecule has 0 spiro atoms. The maximum absolute atomic E-state index is 12.4. The molecule has 1 aromatic rings. The van der Waals surface area contributed by atoms with Crippen LogP contribution < -0.4 is 10.6 Å². The summed E-state index contributed by atoms with van der Waals surface area (Å²) in [6.07, 6.45) is 2.92. The van der Waals surface area contributed by atoms with E-state index in [2.05, 4.69) is 10.6 Å². The lowest BCUT2D eigenvalue weighted by Crippen LogP contribution is -2.46. The quantitative estimate of drug-likeness (QED) is 0.737. The summed E-state index contributed by atoms with van der Waals surface area (Å²) in [5.41, 5.74) is 0.993. The molecule has 2 N–H and O–H groups in total. The molecular weight excluding hydrogens is 278 g/mol. The van der Waals surface area contributed by atoms with Gasteiger partial charge in [0.1, 0.15) is 6.04 Å². The number of carbonyl (C=O) groups is 2. The molecule has 0 saturated carbocycles. The fourth-order valence-corrected chi connectivity index (χ4v) is 2.80. The minimum atomic E-state index is -0.300. The summed E-state index contributed by atoms with van der Waals surface area (Å²) < 4.78 is 0. The molecule has 2 amide bonds. The number of likely N-dealkylation sites (tertiary alicyclic amines) is 1. The fraction of sp³-hybridized carbons (Fsp3) is 0.529. The molecule has 1 heterocycles. The molecule has 1 atom stereocenters. The van der Waals surface area contributed by atoms with Crippen LogP contribution in [0.1, 0.15) is 24.8 Å². The monoisotopic (exact) mass is 303 g/mol. The highest BCUT2D eigenvalue weighted by atomic mass is 16.2. The van der Waals surface area contributed by atoms with Crippen molar-refractivity contribution in [2.45, 2.75) is 31.7 Å². The number of amides is 2. The highest BCUT2D eigenvalue weighted by Gasteiger charge is 2.33. The van der Waals surface area contributed by atoms with Crippen molar-refractivity contribution >= 4 is 11.8 Å². The molecule has 1 aromatic carbocycles. The van der Waals surface area contributed by atoms with E-state index < -0.39 is 0 Å². The van der Waals surface area contributed by atoms with Gasteiger partial charge in [0.2, 0.25) is 11.8 Å². The number of nitrogens with zero attached hydrogens (tertiary/aromatic N) is 1. The van der Waals surface area contributed by atoms with Crippen LogP contribution in [0.3, 0.4) is 0 Å². The van der Waals surface area contributed by atoms with E-state index in [-0.39, 0.29) is 17.9 Å². The molecule has 1 aliphatic heterocycles. The summed E-state index contributed by atoms with van der Waals surface area (Å²) in [4.78, 5) is 26.4. The third-order valence-corrected chi connectivity index (χ3v) is 3.98. The molecule has 1 unspecified atom stereocenters. The van der Waals surface area contributed by atoms with Gasteiger partial charge in [0.15, 0.2) is 0 Å². The smallest absolute Gasteiger partial charge is 0.242 e. The average molecular weight is 303 g/mol. The Hall–Kier alpha value is -1.88. The molecule has 5 heteroatoms. The second-order valence-electron chi connectivity index (χ2n) is 5.66. The van der Waals surface area contributed by atoms with Gasteiger partial charge in [-0.2, -0.15) is 0 Å². The van der Waals surface area contributed by atoms with Crippen LogP contribution in [0.15, 0.2) is 30.3 Å². The van der Waals surface area contributed by atoms with Crippen LogP contribution in [-0.4, -0.2) is 49.4 Å². The Balaban J connectivity index is 1.86. The zero-order valence-electron chi connectivity index (χ0n) is 13.2. The summed E-state index contributed by atoms with van der Waals surface area (Å²) in [5.74, 6) is 0.0223. The standard InChI is InChI=1S/C17H25N3O2/c1-18-10-6-11-19-17(22)15-9-5-12-20(15)16(21)13-14-7-3-2-4-8-14/h2-4,7-8,15,18H,5-6,9-13H2,1H3,(H,19,22). The number of nitrogens with one attached hydrogen (secondary N) is 2. The van der Waals surface area contributed by atoms with Gasteiger partial charge >= 0.3 is 0 Å². The number of hydrogen-bond acceptors (Lipinski definition) is 3. The Morgan fingerprint density at radius 2 is 2.00 bits per heavy atom. The van der Waals surface area contributed by atoms with Gasteiger partial charge in [-0.15, -0.1) is 0 Å². The van der Waals surface area contributed by atoms with Crippen molar-refractivity contribution in [3.63, 3.8) is 0 Å². The lowest BCUT2D eigenvalue weighted by atomic mass is 10.1. The van der Waals surface area contributed by atoms with Crippen molar-refractivity contribution in [1.82, 2.24) is 15.5 Å². The molecule has 5 nitrogen and oxygen atoms in total. The molecular formula is C17H25N3O2. The average Bonchev–Trinajstić information content (AvgIpc) is 3.02. The van der Waals surface area contributed by atoms with Crippen LogP contribution in [0.2, 0.25) is 0 Å². The largest absolute Gasteiger partial charge is 0.354 e. The van der Waals surface area contributed by atoms with Crippen molar-refractivity contribution < 1.29 is 9.59 Å². The topological polar surface area (TPSA) is 61.4 Å². The number of rotatable bonds is 7. The van der Waals surface area contributed by atoms with Gasteiger partial charge in [-0.1, -0.05) is 30.3 Å². The van der Waals surface area contributed by atoms with E-state index in [9.17, 15) is 9.59 Å². The minimum Gasteiger partial charge on any atom is -0.354 e. The van der Waals surface area contributed by atoms with E-state index in [1.807, 2.05) is 37.4 Å². The molecule has 2 rings (SSSR count). The summed E-state index contributed by atoms with van der Waals surface area (Å²) in [6, 6.07) is 9.38. The number of benzene rings is 1.